The van der Waals surface area contributed by atoms with E-state index in [2.05, 4.69) is 26.1 Å². The Hall–Kier alpha value is -0.760. The maximum absolute atomic E-state index is 5.28. The molecule has 2 atom stereocenters. The Morgan fingerprint density at radius 1 is 1.50 bits per heavy atom. The molecule has 0 amide bonds. The van der Waals surface area contributed by atoms with Gasteiger partial charge in [-0.1, -0.05) is 6.92 Å². The molecular weight excluding hydrogens is 150 g/mol. The van der Waals surface area contributed by atoms with Crippen molar-refractivity contribution >= 4 is 0 Å². The quantitative estimate of drug-likeness (QED) is 0.746. The van der Waals surface area contributed by atoms with Crippen molar-refractivity contribution in [3.05, 3.63) is 24.2 Å². The molecule has 1 rings (SSSR count). The molecule has 1 heterocycles. The van der Waals surface area contributed by atoms with Crippen LogP contribution in [0.25, 0.3) is 0 Å². The first-order chi connectivity index (χ1) is 5.74. The van der Waals surface area contributed by atoms with Gasteiger partial charge in [0.1, 0.15) is 5.76 Å². The van der Waals surface area contributed by atoms with Crippen LogP contribution in [-0.2, 0) is 0 Å². The van der Waals surface area contributed by atoms with Gasteiger partial charge >= 0.3 is 0 Å². The van der Waals surface area contributed by atoms with E-state index in [9.17, 15) is 0 Å². The van der Waals surface area contributed by atoms with Crippen molar-refractivity contribution in [3.63, 3.8) is 0 Å². The summed E-state index contributed by atoms with van der Waals surface area (Å²) in [7, 11) is 0. The van der Waals surface area contributed by atoms with Crippen LogP contribution in [0.1, 0.15) is 39.0 Å². The van der Waals surface area contributed by atoms with E-state index < -0.39 is 0 Å². The van der Waals surface area contributed by atoms with E-state index in [0.29, 0.717) is 12.1 Å². The molecule has 0 aliphatic rings. The highest BCUT2D eigenvalue weighted by Gasteiger charge is 2.09. The minimum atomic E-state index is 0.315. The number of rotatable bonds is 4. The molecule has 0 aromatic carbocycles. The SMILES string of the molecule is CC[C@H](C)N[C@@H](C)c1ccco1. The molecule has 0 unspecified atom stereocenters. The molecule has 12 heavy (non-hydrogen) atoms. The highest BCUT2D eigenvalue weighted by molar-refractivity contribution is 5.03. The summed E-state index contributed by atoms with van der Waals surface area (Å²) >= 11 is 0. The minimum Gasteiger partial charge on any atom is -0.468 e. The molecule has 0 bridgehead atoms. The molecule has 0 aliphatic heterocycles. The lowest BCUT2D eigenvalue weighted by Crippen LogP contribution is -2.27. The third-order valence-corrected chi connectivity index (χ3v) is 2.12. The highest BCUT2D eigenvalue weighted by Crippen LogP contribution is 2.13. The van der Waals surface area contributed by atoms with Crippen LogP contribution in [0.15, 0.2) is 22.8 Å². The fourth-order valence-electron chi connectivity index (χ4n) is 1.16. The molecule has 0 aliphatic carbocycles. The van der Waals surface area contributed by atoms with Crippen molar-refractivity contribution in [1.29, 1.82) is 0 Å². The maximum atomic E-state index is 5.28. The molecule has 0 saturated heterocycles. The van der Waals surface area contributed by atoms with Crippen molar-refractivity contribution < 1.29 is 4.42 Å². The molecule has 2 nitrogen and oxygen atoms in total. The Balaban J connectivity index is 2.44. The summed E-state index contributed by atoms with van der Waals surface area (Å²) in [5.41, 5.74) is 0. The van der Waals surface area contributed by atoms with E-state index in [1.54, 1.807) is 6.26 Å². The zero-order valence-corrected chi connectivity index (χ0v) is 8.00. The van der Waals surface area contributed by atoms with Gasteiger partial charge in [-0.15, -0.1) is 0 Å². The Bertz CT molecular complexity index is 206. The summed E-state index contributed by atoms with van der Waals surface area (Å²) in [5.74, 6) is 1.01. The van der Waals surface area contributed by atoms with Crippen LogP contribution in [0.3, 0.4) is 0 Å². The minimum absolute atomic E-state index is 0.315. The first-order valence-electron chi connectivity index (χ1n) is 4.53. The summed E-state index contributed by atoms with van der Waals surface area (Å²) in [6.07, 6.45) is 2.86. The largest absolute Gasteiger partial charge is 0.468 e. The van der Waals surface area contributed by atoms with Gasteiger partial charge in [0.15, 0.2) is 0 Å². The average molecular weight is 167 g/mol. The molecule has 1 aromatic rings. The fraction of sp³-hybridized carbons (Fsp3) is 0.600. The zero-order valence-electron chi connectivity index (χ0n) is 8.00. The van der Waals surface area contributed by atoms with Crippen molar-refractivity contribution in [2.24, 2.45) is 0 Å². The van der Waals surface area contributed by atoms with E-state index in [1.807, 2.05) is 12.1 Å². The van der Waals surface area contributed by atoms with Crippen LogP contribution in [0.5, 0.6) is 0 Å². The second-order valence-corrected chi connectivity index (χ2v) is 3.21. The highest BCUT2D eigenvalue weighted by atomic mass is 16.3. The van der Waals surface area contributed by atoms with E-state index in [-0.39, 0.29) is 0 Å². The van der Waals surface area contributed by atoms with Crippen LogP contribution in [0, 0.1) is 0 Å². The molecule has 0 saturated carbocycles. The monoisotopic (exact) mass is 167 g/mol. The maximum Gasteiger partial charge on any atom is 0.120 e. The molecule has 68 valence electrons. The summed E-state index contributed by atoms with van der Waals surface area (Å²) in [4.78, 5) is 0. The normalized spacial score (nSPS) is 15.9. The molecule has 0 fully saturated rings. The number of hydrogen-bond donors (Lipinski definition) is 1. The molecule has 1 N–H and O–H groups in total. The third-order valence-electron chi connectivity index (χ3n) is 2.12. The van der Waals surface area contributed by atoms with E-state index >= 15 is 0 Å². The van der Waals surface area contributed by atoms with Crippen molar-refractivity contribution in [3.8, 4) is 0 Å². The van der Waals surface area contributed by atoms with Crippen LogP contribution >= 0.6 is 0 Å². The smallest absolute Gasteiger partial charge is 0.120 e. The van der Waals surface area contributed by atoms with Crippen LogP contribution in [0.4, 0.5) is 0 Å². The van der Waals surface area contributed by atoms with Gasteiger partial charge in [0.05, 0.1) is 12.3 Å². The van der Waals surface area contributed by atoms with Gasteiger partial charge in [-0.2, -0.15) is 0 Å². The summed E-state index contributed by atoms with van der Waals surface area (Å²) < 4.78 is 5.28. The van der Waals surface area contributed by atoms with E-state index in [1.165, 1.54) is 0 Å². The third kappa shape index (κ3) is 2.38. The van der Waals surface area contributed by atoms with Gasteiger partial charge in [0.2, 0.25) is 0 Å². The van der Waals surface area contributed by atoms with Crippen molar-refractivity contribution in [1.82, 2.24) is 5.32 Å². The Kier molecular flexibility index (Phi) is 3.35. The van der Waals surface area contributed by atoms with Crippen LogP contribution < -0.4 is 5.32 Å². The predicted octanol–water partition coefficient (Wildman–Crippen LogP) is 2.73. The van der Waals surface area contributed by atoms with Crippen LogP contribution in [-0.4, -0.2) is 6.04 Å². The van der Waals surface area contributed by atoms with E-state index in [0.717, 1.165) is 12.2 Å². The van der Waals surface area contributed by atoms with Crippen molar-refractivity contribution in [2.75, 3.05) is 0 Å². The molecule has 1 aromatic heterocycles. The topological polar surface area (TPSA) is 25.2 Å². The summed E-state index contributed by atoms with van der Waals surface area (Å²) in [6, 6.07) is 4.78. The summed E-state index contributed by atoms with van der Waals surface area (Å²) in [6.45, 7) is 6.47. The lowest BCUT2D eigenvalue weighted by atomic mass is 10.2. The van der Waals surface area contributed by atoms with E-state index in [4.69, 9.17) is 4.42 Å². The van der Waals surface area contributed by atoms with Gasteiger partial charge in [-0.3, -0.25) is 0 Å². The Morgan fingerprint density at radius 3 is 2.75 bits per heavy atom. The predicted molar refractivity (Wildman–Crippen MR) is 50.0 cm³/mol. The molecular formula is C10H17NO. The lowest BCUT2D eigenvalue weighted by molar-refractivity contribution is 0.394. The number of furan rings is 1. The fourth-order valence-corrected chi connectivity index (χ4v) is 1.16. The second-order valence-electron chi connectivity index (χ2n) is 3.21. The van der Waals surface area contributed by atoms with Gasteiger partial charge < -0.3 is 9.73 Å². The second kappa shape index (κ2) is 4.31. The summed E-state index contributed by atoms with van der Waals surface area (Å²) in [5, 5.41) is 3.44. The zero-order chi connectivity index (χ0) is 8.97. The Morgan fingerprint density at radius 2 is 2.25 bits per heavy atom. The van der Waals surface area contributed by atoms with Gasteiger partial charge in [-0.25, -0.2) is 0 Å². The Labute approximate surface area is 74.0 Å². The average Bonchev–Trinajstić information content (AvgIpc) is 2.56. The molecule has 2 heteroatoms. The van der Waals surface area contributed by atoms with Crippen LogP contribution in [0.2, 0.25) is 0 Å². The van der Waals surface area contributed by atoms with Gasteiger partial charge in [0, 0.05) is 6.04 Å². The van der Waals surface area contributed by atoms with Gasteiger partial charge in [-0.05, 0) is 32.4 Å². The van der Waals surface area contributed by atoms with Crippen molar-refractivity contribution in [2.45, 2.75) is 39.3 Å². The standard InChI is InChI=1S/C10H17NO/c1-4-8(2)11-9(3)10-6-5-7-12-10/h5-9,11H,4H2,1-3H3/t8-,9-/m0/s1. The number of hydrogen-bond acceptors (Lipinski definition) is 2. The molecule has 0 spiro atoms. The molecule has 0 radical (unpaired) electrons. The number of nitrogens with one attached hydrogen (secondary N) is 1. The lowest BCUT2D eigenvalue weighted by Gasteiger charge is -2.16. The van der Waals surface area contributed by atoms with Gasteiger partial charge in [0.25, 0.3) is 0 Å². The first-order valence-corrected chi connectivity index (χ1v) is 4.53. The first kappa shape index (κ1) is 9.33.